The van der Waals surface area contributed by atoms with Gasteiger partial charge in [0.25, 0.3) is 5.56 Å². The molecule has 0 radical (unpaired) electrons. The molecule has 0 aliphatic rings. The summed E-state index contributed by atoms with van der Waals surface area (Å²) in [5, 5.41) is 7.22. The topological polar surface area (TPSA) is 81.8 Å². The second-order valence-corrected chi connectivity index (χ2v) is 6.55. The van der Waals surface area contributed by atoms with Crippen molar-refractivity contribution >= 4 is 22.6 Å². The van der Waals surface area contributed by atoms with E-state index in [1.165, 1.54) is 39.5 Å². The lowest BCUT2D eigenvalue weighted by molar-refractivity contribution is -0.116. The van der Waals surface area contributed by atoms with Gasteiger partial charge in [-0.15, -0.1) is 0 Å². The molecule has 1 amide bonds. The zero-order valence-electron chi connectivity index (χ0n) is 15.7. The van der Waals surface area contributed by atoms with E-state index >= 15 is 0 Å². The van der Waals surface area contributed by atoms with Crippen LogP contribution in [0.5, 0.6) is 0 Å². The van der Waals surface area contributed by atoms with E-state index in [2.05, 4.69) is 22.3 Å². The fourth-order valence-electron chi connectivity index (χ4n) is 3.01. The molecule has 0 aliphatic heterocycles. The van der Waals surface area contributed by atoms with Crippen molar-refractivity contribution in [3.63, 3.8) is 0 Å². The Labute approximate surface area is 165 Å². The highest BCUT2D eigenvalue weighted by atomic mass is 19.1. The Hall–Kier alpha value is -3.81. The Kier molecular flexibility index (Phi) is 4.90. The summed E-state index contributed by atoms with van der Waals surface area (Å²) in [6.45, 7) is 1.89. The first-order valence-corrected chi connectivity index (χ1v) is 9.13. The van der Waals surface area contributed by atoms with E-state index in [9.17, 15) is 14.0 Å². The second-order valence-electron chi connectivity index (χ2n) is 6.55. The van der Waals surface area contributed by atoms with E-state index in [1.807, 2.05) is 24.3 Å². The maximum absolute atomic E-state index is 13.1. The van der Waals surface area contributed by atoms with Crippen molar-refractivity contribution in [1.82, 2.24) is 19.3 Å². The van der Waals surface area contributed by atoms with Gasteiger partial charge in [0, 0.05) is 5.69 Å². The van der Waals surface area contributed by atoms with Gasteiger partial charge in [0.2, 0.25) is 5.91 Å². The molecule has 1 N–H and O–H groups in total. The second kappa shape index (κ2) is 7.67. The molecule has 4 aromatic rings. The molecular formula is C21H18FN5O2. The number of aromatic nitrogens is 4. The molecule has 2 heterocycles. The summed E-state index contributed by atoms with van der Waals surface area (Å²) in [5.74, 6) is -0.695. The fourth-order valence-corrected chi connectivity index (χ4v) is 3.01. The fraction of sp³-hybridized carbons (Fsp3) is 0.143. The van der Waals surface area contributed by atoms with Crippen LogP contribution < -0.4 is 10.9 Å². The van der Waals surface area contributed by atoms with Crippen LogP contribution in [-0.2, 0) is 17.8 Å². The zero-order valence-corrected chi connectivity index (χ0v) is 15.7. The third kappa shape index (κ3) is 3.77. The van der Waals surface area contributed by atoms with Crippen LogP contribution in [0.15, 0.2) is 65.8 Å². The minimum Gasteiger partial charge on any atom is -0.325 e. The predicted molar refractivity (Wildman–Crippen MR) is 108 cm³/mol. The van der Waals surface area contributed by atoms with Crippen LogP contribution in [0.4, 0.5) is 10.1 Å². The molecule has 0 unspecified atom stereocenters. The number of halogens is 1. The standard InChI is InChI=1S/C21H18FN5O2/c1-2-14-3-7-16(8-4-14)25-19(28)12-26-13-23-20-18(21(26)29)11-24-27(20)17-9-5-15(22)6-10-17/h3-11,13H,2,12H2,1H3,(H,25,28). The quantitative estimate of drug-likeness (QED) is 0.567. The average Bonchev–Trinajstić information content (AvgIpc) is 3.16. The highest BCUT2D eigenvalue weighted by molar-refractivity contribution is 5.90. The normalized spacial score (nSPS) is 11.0. The lowest BCUT2D eigenvalue weighted by atomic mass is 10.1. The van der Waals surface area contributed by atoms with Gasteiger partial charge in [0.15, 0.2) is 5.65 Å². The van der Waals surface area contributed by atoms with Gasteiger partial charge in [-0.3, -0.25) is 14.2 Å². The number of hydrogen-bond acceptors (Lipinski definition) is 4. The minimum absolute atomic E-state index is 0.168. The van der Waals surface area contributed by atoms with Gasteiger partial charge in [0.05, 0.1) is 11.9 Å². The Balaban J connectivity index is 1.56. The first-order valence-electron chi connectivity index (χ1n) is 9.13. The Bertz CT molecular complexity index is 1230. The van der Waals surface area contributed by atoms with Gasteiger partial charge >= 0.3 is 0 Å². The maximum atomic E-state index is 13.1. The summed E-state index contributed by atoms with van der Waals surface area (Å²) in [7, 11) is 0. The summed E-state index contributed by atoms with van der Waals surface area (Å²) < 4.78 is 15.8. The van der Waals surface area contributed by atoms with Crippen molar-refractivity contribution in [3.8, 4) is 5.69 Å². The van der Waals surface area contributed by atoms with Crippen LogP contribution in [0.1, 0.15) is 12.5 Å². The number of anilines is 1. The molecule has 0 atom stereocenters. The lowest BCUT2D eigenvalue weighted by Gasteiger charge is -2.08. The molecule has 4 rings (SSSR count). The number of aryl methyl sites for hydroxylation is 1. The third-order valence-corrected chi connectivity index (χ3v) is 4.59. The SMILES string of the molecule is CCc1ccc(NC(=O)Cn2cnc3c(cnn3-c3ccc(F)cc3)c2=O)cc1. The number of fused-ring (bicyclic) bond motifs is 1. The van der Waals surface area contributed by atoms with Gasteiger partial charge in [-0.1, -0.05) is 19.1 Å². The molecule has 0 bridgehead atoms. The third-order valence-electron chi connectivity index (χ3n) is 4.59. The maximum Gasteiger partial charge on any atom is 0.264 e. The molecule has 7 nitrogen and oxygen atoms in total. The monoisotopic (exact) mass is 391 g/mol. The smallest absolute Gasteiger partial charge is 0.264 e. The number of nitrogens with one attached hydrogen (secondary N) is 1. The Morgan fingerprint density at radius 3 is 2.52 bits per heavy atom. The summed E-state index contributed by atoms with van der Waals surface area (Å²) in [4.78, 5) is 29.3. The van der Waals surface area contributed by atoms with Gasteiger partial charge < -0.3 is 5.32 Å². The number of amides is 1. The number of carbonyl (C=O) groups is 1. The molecule has 29 heavy (non-hydrogen) atoms. The van der Waals surface area contributed by atoms with E-state index in [4.69, 9.17) is 0 Å². The number of benzene rings is 2. The van der Waals surface area contributed by atoms with Crippen molar-refractivity contribution in [2.24, 2.45) is 0 Å². The summed E-state index contributed by atoms with van der Waals surface area (Å²) >= 11 is 0. The first-order chi connectivity index (χ1) is 14.0. The molecule has 0 saturated heterocycles. The van der Waals surface area contributed by atoms with Gasteiger partial charge in [0.1, 0.15) is 24.1 Å². The molecule has 2 aromatic carbocycles. The molecule has 0 fully saturated rings. The van der Waals surface area contributed by atoms with Gasteiger partial charge in [-0.25, -0.2) is 14.1 Å². The predicted octanol–water partition coefficient (Wildman–Crippen LogP) is 2.92. The largest absolute Gasteiger partial charge is 0.325 e. The van der Waals surface area contributed by atoms with E-state index in [0.717, 1.165) is 6.42 Å². The van der Waals surface area contributed by atoms with Crippen LogP contribution in [0.25, 0.3) is 16.7 Å². The van der Waals surface area contributed by atoms with Crippen LogP contribution in [-0.4, -0.2) is 25.2 Å². The average molecular weight is 391 g/mol. The van der Waals surface area contributed by atoms with E-state index in [-0.39, 0.29) is 29.2 Å². The van der Waals surface area contributed by atoms with Gasteiger partial charge in [-0.05, 0) is 48.4 Å². The molecule has 146 valence electrons. The van der Waals surface area contributed by atoms with Crippen LogP contribution >= 0.6 is 0 Å². The van der Waals surface area contributed by atoms with Gasteiger partial charge in [-0.2, -0.15) is 5.10 Å². The van der Waals surface area contributed by atoms with Crippen LogP contribution in [0, 0.1) is 5.82 Å². The first kappa shape index (κ1) is 18.5. The van der Waals surface area contributed by atoms with Crippen molar-refractivity contribution in [2.75, 3.05) is 5.32 Å². The van der Waals surface area contributed by atoms with E-state index in [1.54, 1.807) is 12.1 Å². The van der Waals surface area contributed by atoms with Crippen molar-refractivity contribution < 1.29 is 9.18 Å². The van der Waals surface area contributed by atoms with Crippen molar-refractivity contribution in [3.05, 3.63) is 82.8 Å². The number of hydrogen-bond donors (Lipinski definition) is 1. The summed E-state index contributed by atoms with van der Waals surface area (Å²) in [6, 6.07) is 13.3. The lowest BCUT2D eigenvalue weighted by Crippen LogP contribution is -2.27. The van der Waals surface area contributed by atoms with Crippen LogP contribution in [0.3, 0.4) is 0 Å². The Morgan fingerprint density at radius 2 is 1.83 bits per heavy atom. The van der Waals surface area contributed by atoms with E-state index < -0.39 is 0 Å². The number of rotatable bonds is 5. The summed E-state index contributed by atoms with van der Waals surface area (Å²) in [5.41, 5.74) is 2.39. The number of nitrogens with zero attached hydrogens (tertiary/aromatic N) is 4. The van der Waals surface area contributed by atoms with E-state index in [0.29, 0.717) is 17.0 Å². The molecule has 8 heteroatoms. The van der Waals surface area contributed by atoms with Crippen LogP contribution in [0.2, 0.25) is 0 Å². The highest BCUT2D eigenvalue weighted by Crippen LogP contribution is 2.14. The van der Waals surface area contributed by atoms with Crippen molar-refractivity contribution in [1.29, 1.82) is 0 Å². The molecule has 0 saturated carbocycles. The zero-order chi connectivity index (χ0) is 20.4. The number of carbonyl (C=O) groups excluding carboxylic acids is 1. The molecular weight excluding hydrogens is 373 g/mol. The summed E-state index contributed by atoms with van der Waals surface area (Å²) in [6.07, 6.45) is 3.62. The minimum atomic E-state index is -0.375. The molecule has 0 aliphatic carbocycles. The molecule has 2 aromatic heterocycles. The van der Waals surface area contributed by atoms with Crippen molar-refractivity contribution in [2.45, 2.75) is 19.9 Å². The Morgan fingerprint density at radius 1 is 1.10 bits per heavy atom. The highest BCUT2D eigenvalue weighted by Gasteiger charge is 2.13. The molecule has 0 spiro atoms.